The summed E-state index contributed by atoms with van der Waals surface area (Å²) in [6.45, 7) is 0. The molecule has 2 aromatic carbocycles. The lowest BCUT2D eigenvalue weighted by Crippen LogP contribution is -2.12. The first-order valence-corrected chi connectivity index (χ1v) is 6.83. The minimum Gasteiger partial charge on any atom is -0.493 e. The van der Waals surface area contributed by atoms with Crippen LogP contribution in [0.25, 0.3) is 0 Å². The minimum absolute atomic E-state index is 0.212. The Morgan fingerprint density at radius 1 is 0.920 bits per heavy atom. The maximum absolute atomic E-state index is 12.3. The number of non-ortho nitro benzene ring substituents is 2. The van der Waals surface area contributed by atoms with Crippen LogP contribution >= 0.6 is 0 Å². The Hall–Kier alpha value is -3.69. The second kappa shape index (κ2) is 7.25. The highest BCUT2D eigenvalue weighted by atomic mass is 16.6. The van der Waals surface area contributed by atoms with Crippen molar-refractivity contribution >= 4 is 23.0 Å². The van der Waals surface area contributed by atoms with Gasteiger partial charge in [0.15, 0.2) is 11.5 Å². The second-order valence-electron chi connectivity index (χ2n) is 4.78. The third kappa shape index (κ3) is 3.99. The Bertz CT molecular complexity index is 819. The lowest BCUT2D eigenvalue weighted by Gasteiger charge is -2.10. The first-order chi connectivity index (χ1) is 11.8. The smallest absolute Gasteiger partial charge is 0.277 e. The number of rotatable bonds is 6. The fraction of sp³-hybridized carbons (Fsp3) is 0.133. The van der Waals surface area contributed by atoms with Crippen molar-refractivity contribution in [2.75, 3.05) is 19.5 Å². The highest BCUT2D eigenvalue weighted by molar-refractivity contribution is 6.05. The van der Waals surface area contributed by atoms with Gasteiger partial charge in [-0.05, 0) is 12.1 Å². The van der Waals surface area contributed by atoms with Crippen molar-refractivity contribution in [1.82, 2.24) is 0 Å². The van der Waals surface area contributed by atoms with Crippen molar-refractivity contribution in [3.63, 3.8) is 0 Å². The average Bonchev–Trinajstić information content (AvgIpc) is 2.60. The number of benzene rings is 2. The van der Waals surface area contributed by atoms with Gasteiger partial charge in [-0.3, -0.25) is 25.0 Å². The predicted molar refractivity (Wildman–Crippen MR) is 87.2 cm³/mol. The summed E-state index contributed by atoms with van der Waals surface area (Å²) in [6.07, 6.45) is 0. The van der Waals surface area contributed by atoms with Gasteiger partial charge in [-0.2, -0.15) is 0 Å². The number of nitrogens with zero attached hydrogens (tertiary/aromatic N) is 2. The molecule has 0 bridgehead atoms. The largest absolute Gasteiger partial charge is 0.493 e. The monoisotopic (exact) mass is 347 g/mol. The van der Waals surface area contributed by atoms with E-state index in [2.05, 4.69) is 5.32 Å². The molecule has 130 valence electrons. The normalized spacial score (nSPS) is 10.0. The lowest BCUT2D eigenvalue weighted by atomic mass is 10.1. The van der Waals surface area contributed by atoms with Crippen molar-refractivity contribution in [1.29, 1.82) is 0 Å². The summed E-state index contributed by atoms with van der Waals surface area (Å²) in [5.74, 6) is 0.0795. The molecule has 1 N–H and O–H groups in total. The molecule has 0 atom stereocenters. The number of nitrogens with one attached hydrogen (secondary N) is 1. The molecule has 0 saturated carbocycles. The fourth-order valence-corrected chi connectivity index (χ4v) is 2.05. The molecular weight excluding hydrogens is 334 g/mol. The van der Waals surface area contributed by atoms with Crippen LogP contribution in [0.5, 0.6) is 11.5 Å². The van der Waals surface area contributed by atoms with Crippen LogP contribution in [0.4, 0.5) is 17.1 Å². The van der Waals surface area contributed by atoms with Gasteiger partial charge in [0.05, 0.1) is 35.7 Å². The summed E-state index contributed by atoms with van der Waals surface area (Å²) in [5, 5.41) is 24.3. The highest BCUT2D eigenvalue weighted by Gasteiger charge is 2.20. The van der Waals surface area contributed by atoms with Gasteiger partial charge in [-0.25, -0.2) is 0 Å². The Morgan fingerprint density at radius 2 is 1.48 bits per heavy atom. The van der Waals surface area contributed by atoms with Gasteiger partial charge in [-0.1, -0.05) is 0 Å². The van der Waals surface area contributed by atoms with E-state index in [-0.39, 0.29) is 5.56 Å². The SMILES string of the molecule is COc1ccc(NC(=O)c2cc([N+](=O)[O-])cc([N+](=O)[O-])c2)cc1OC. The minimum atomic E-state index is -0.805. The van der Waals surface area contributed by atoms with Crippen molar-refractivity contribution in [2.45, 2.75) is 0 Å². The molecule has 0 aromatic heterocycles. The van der Waals surface area contributed by atoms with Crippen molar-refractivity contribution < 1.29 is 24.1 Å². The van der Waals surface area contributed by atoms with Gasteiger partial charge >= 0.3 is 0 Å². The van der Waals surface area contributed by atoms with Gasteiger partial charge < -0.3 is 14.8 Å². The number of amides is 1. The molecule has 0 heterocycles. The molecule has 10 nitrogen and oxygen atoms in total. The zero-order valence-corrected chi connectivity index (χ0v) is 13.2. The van der Waals surface area contributed by atoms with Crippen LogP contribution < -0.4 is 14.8 Å². The van der Waals surface area contributed by atoms with E-state index in [9.17, 15) is 25.0 Å². The number of methoxy groups -OCH3 is 2. The molecule has 0 aliphatic heterocycles. The standard InChI is InChI=1S/C15H13N3O7/c1-24-13-4-3-10(7-14(13)25-2)16-15(19)9-5-11(17(20)21)8-12(6-9)18(22)23/h3-8H,1-2H3,(H,16,19). The Morgan fingerprint density at radius 3 is 1.96 bits per heavy atom. The molecule has 0 fully saturated rings. The molecule has 0 aliphatic rings. The average molecular weight is 347 g/mol. The van der Waals surface area contributed by atoms with Crippen molar-refractivity contribution in [3.05, 3.63) is 62.2 Å². The highest BCUT2D eigenvalue weighted by Crippen LogP contribution is 2.30. The second-order valence-corrected chi connectivity index (χ2v) is 4.78. The van der Waals surface area contributed by atoms with Crippen LogP contribution in [0.2, 0.25) is 0 Å². The molecular formula is C15H13N3O7. The van der Waals surface area contributed by atoms with Crippen molar-refractivity contribution in [2.24, 2.45) is 0 Å². The third-order valence-corrected chi connectivity index (χ3v) is 3.23. The molecule has 0 spiro atoms. The third-order valence-electron chi connectivity index (χ3n) is 3.23. The summed E-state index contributed by atoms with van der Waals surface area (Å²) in [6, 6.07) is 7.29. The summed E-state index contributed by atoms with van der Waals surface area (Å²) >= 11 is 0. The maximum Gasteiger partial charge on any atom is 0.277 e. The molecule has 25 heavy (non-hydrogen) atoms. The van der Waals surface area contributed by atoms with Gasteiger partial charge in [0.2, 0.25) is 0 Å². The van der Waals surface area contributed by atoms with Crippen LogP contribution in [0.1, 0.15) is 10.4 Å². The van der Waals surface area contributed by atoms with E-state index in [0.717, 1.165) is 18.2 Å². The van der Waals surface area contributed by atoms with E-state index in [1.807, 2.05) is 0 Å². The van der Waals surface area contributed by atoms with E-state index < -0.39 is 27.1 Å². The molecule has 0 radical (unpaired) electrons. The number of ether oxygens (including phenoxy) is 2. The number of carbonyl (C=O) groups excluding carboxylic acids is 1. The topological polar surface area (TPSA) is 134 Å². The molecule has 0 unspecified atom stereocenters. The summed E-state index contributed by atoms with van der Waals surface area (Å²) in [5.41, 5.74) is -0.981. The van der Waals surface area contributed by atoms with E-state index in [0.29, 0.717) is 17.2 Å². The van der Waals surface area contributed by atoms with E-state index >= 15 is 0 Å². The van der Waals surface area contributed by atoms with Crippen LogP contribution in [0.15, 0.2) is 36.4 Å². The van der Waals surface area contributed by atoms with Crippen LogP contribution in [0, 0.1) is 20.2 Å². The number of nitro benzene ring substituents is 2. The zero-order chi connectivity index (χ0) is 18.6. The maximum atomic E-state index is 12.3. The van der Waals surface area contributed by atoms with Crippen molar-refractivity contribution in [3.8, 4) is 11.5 Å². The van der Waals surface area contributed by atoms with Gasteiger partial charge in [0.25, 0.3) is 17.3 Å². The summed E-state index contributed by atoms with van der Waals surface area (Å²) < 4.78 is 10.2. The number of anilines is 1. The van der Waals surface area contributed by atoms with Gasteiger partial charge in [-0.15, -0.1) is 0 Å². The molecule has 2 rings (SSSR count). The zero-order valence-electron chi connectivity index (χ0n) is 13.2. The van der Waals surface area contributed by atoms with E-state index in [1.165, 1.54) is 26.4 Å². The first-order valence-electron chi connectivity index (χ1n) is 6.83. The molecule has 1 amide bonds. The Kier molecular flexibility index (Phi) is 5.12. The van der Waals surface area contributed by atoms with Crippen LogP contribution in [0.3, 0.4) is 0 Å². The van der Waals surface area contributed by atoms with Crippen LogP contribution in [-0.2, 0) is 0 Å². The Balaban J connectivity index is 2.35. The summed E-state index contributed by atoms with van der Waals surface area (Å²) in [7, 11) is 2.88. The van der Waals surface area contributed by atoms with E-state index in [4.69, 9.17) is 9.47 Å². The predicted octanol–water partition coefficient (Wildman–Crippen LogP) is 2.77. The molecule has 10 heteroatoms. The molecule has 0 aliphatic carbocycles. The van der Waals surface area contributed by atoms with E-state index in [1.54, 1.807) is 6.07 Å². The number of hydrogen-bond donors (Lipinski definition) is 1. The Labute approximate surface area is 141 Å². The number of hydrogen-bond acceptors (Lipinski definition) is 7. The quantitative estimate of drug-likeness (QED) is 0.627. The van der Waals surface area contributed by atoms with Crippen LogP contribution in [-0.4, -0.2) is 30.0 Å². The molecule has 0 saturated heterocycles. The fourth-order valence-electron chi connectivity index (χ4n) is 2.05. The summed E-state index contributed by atoms with van der Waals surface area (Å²) in [4.78, 5) is 32.4. The first kappa shape index (κ1) is 17.7. The molecule has 2 aromatic rings. The van der Waals surface area contributed by atoms with Gasteiger partial charge in [0.1, 0.15) is 0 Å². The van der Waals surface area contributed by atoms with Gasteiger partial charge in [0, 0.05) is 23.9 Å². The number of carbonyl (C=O) groups is 1. The number of nitro groups is 2. The lowest BCUT2D eigenvalue weighted by molar-refractivity contribution is -0.394.